The van der Waals surface area contributed by atoms with Gasteiger partial charge in [-0.15, -0.1) is 0 Å². The number of anilines is 1. The van der Waals surface area contributed by atoms with Crippen molar-refractivity contribution in [1.82, 2.24) is 19.7 Å². The van der Waals surface area contributed by atoms with Crippen LogP contribution in [0.5, 0.6) is 0 Å². The fourth-order valence-electron chi connectivity index (χ4n) is 2.16. The number of aromatic nitrogens is 4. The highest BCUT2D eigenvalue weighted by Crippen LogP contribution is 2.27. The lowest BCUT2D eigenvalue weighted by atomic mass is 10.2. The number of aryl methyl sites for hydroxylation is 1. The summed E-state index contributed by atoms with van der Waals surface area (Å²) in [5.74, 6) is 0. The molecular weight excluding hydrogens is 278 g/mol. The molecule has 0 bridgehead atoms. The van der Waals surface area contributed by atoms with E-state index in [1.165, 1.54) is 6.33 Å². The number of fused-ring (bicyclic) bond motifs is 1. The monoisotopic (exact) mass is 289 g/mol. The number of hydrogen-bond donors (Lipinski definition) is 2. The first-order valence-electron chi connectivity index (χ1n) is 5.98. The molecule has 6 nitrogen and oxygen atoms in total. The van der Waals surface area contributed by atoms with Crippen molar-refractivity contribution < 1.29 is 0 Å². The van der Waals surface area contributed by atoms with E-state index in [9.17, 15) is 4.79 Å². The summed E-state index contributed by atoms with van der Waals surface area (Å²) in [6, 6.07) is 3.33. The van der Waals surface area contributed by atoms with Crippen molar-refractivity contribution in [3.05, 3.63) is 45.2 Å². The molecule has 0 saturated carbocycles. The van der Waals surface area contributed by atoms with Gasteiger partial charge in [0.1, 0.15) is 0 Å². The molecule has 3 N–H and O–H groups in total. The molecule has 2 aromatic heterocycles. The van der Waals surface area contributed by atoms with E-state index in [2.05, 4.69) is 15.1 Å². The standard InChI is InChI=1S/C13H12ClN5O/c1-6-12(14)7(2)19(18-6)11-4-10-8(3-9(11)15)13(20)17-5-16-10/h3-5H,15H2,1-2H3,(H,16,17,20). The maximum absolute atomic E-state index is 11.7. The van der Waals surface area contributed by atoms with Crippen molar-refractivity contribution in [1.29, 1.82) is 0 Å². The van der Waals surface area contributed by atoms with Crippen LogP contribution in [-0.4, -0.2) is 19.7 Å². The Morgan fingerprint density at radius 1 is 1.35 bits per heavy atom. The fraction of sp³-hybridized carbons (Fsp3) is 0.154. The number of aromatic amines is 1. The van der Waals surface area contributed by atoms with Gasteiger partial charge in [0.15, 0.2) is 0 Å². The van der Waals surface area contributed by atoms with Crippen molar-refractivity contribution in [2.75, 3.05) is 5.73 Å². The number of H-pyrrole nitrogens is 1. The molecule has 2 heterocycles. The zero-order chi connectivity index (χ0) is 14.4. The zero-order valence-corrected chi connectivity index (χ0v) is 11.7. The van der Waals surface area contributed by atoms with Gasteiger partial charge in [-0.2, -0.15) is 5.10 Å². The van der Waals surface area contributed by atoms with Crippen LogP contribution >= 0.6 is 11.6 Å². The largest absolute Gasteiger partial charge is 0.397 e. The summed E-state index contributed by atoms with van der Waals surface area (Å²) in [7, 11) is 0. The van der Waals surface area contributed by atoms with E-state index in [0.717, 1.165) is 11.4 Å². The Balaban J connectivity index is 2.34. The lowest BCUT2D eigenvalue weighted by Gasteiger charge is -2.09. The van der Waals surface area contributed by atoms with E-state index in [0.29, 0.717) is 27.3 Å². The highest BCUT2D eigenvalue weighted by atomic mass is 35.5. The predicted octanol–water partition coefficient (Wildman–Crippen LogP) is 1.96. The highest BCUT2D eigenvalue weighted by Gasteiger charge is 2.14. The molecule has 0 aliphatic rings. The van der Waals surface area contributed by atoms with Gasteiger partial charge in [0.25, 0.3) is 5.56 Å². The molecule has 0 spiro atoms. The molecule has 0 radical (unpaired) electrons. The summed E-state index contributed by atoms with van der Waals surface area (Å²) < 4.78 is 1.66. The first-order valence-corrected chi connectivity index (χ1v) is 6.36. The van der Waals surface area contributed by atoms with Crippen LogP contribution in [0.15, 0.2) is 23.3 Å². The molecule has 0 saturated heterocycles. The first kappa shape index (κ1) is 12.7. The maximum atomic E-state index is 11.7. The van der Waals surface area contributed by atoms with E-state index >= 15 is 0 Å². The molecule has 3 rings (SSSR count). The Labute approximate surface area is 119 Å². The van der Waals surface area contributed by atoms with Gasteiger partial charge in [-0.05, 0) is 26.0 Å². The molecule has 0 atom stereocenters. The van der Waals surface area contributed by atoms with Gasteiger partial charge in [0.2, 0.25) is 0 Å². The van der Waals surface area contributed by atoms with E-state index in [4.69, 9.17) is 17.3 Å². The smallest absolute Gasteiger partial charge is 0.258 e. The molecular formula is C13H12ClN5O. The maximum Gasteiger partial charge on any atom is 0.258 e. The van der Waals surface area contributed by atoms with E-state index < -0.39 is 0 Å². The minimum atomic E-state index is -0.223. The Bertz CT molecular complexity index is 880. The van der Waals surface area contributed by atoms with Gasteiger partial charge in [-0.25, -0.2) is 9.67 Å². The Morgan fingerprint density at radius 3 is 2.75 bits per heavy atom. The van der Waals surface area contributed by atoms with E-state index in [-0.39, 0.29) is 5.56 Å². The number of nitrogens with one attached hydrogen (secondary N) is 1. The molecule has 7 heteroatoms. The van der Waals surface area contributed by atoms with Crippen molar-refractivity contribution in [3.63, 3.8) is 0 Å². The van der Waals surface area contributed by atoms with Gasteiger partial charge < -0.3 is 10.7 Å². The second-order valence-corrected chi connectivity index (χ2v) is 4.93. The average Bonchev–Trinajstić information content (AvgIpc) is 2.67. The van der Waals surface area contributed by atoms with Crippen LogP contribution in [0, 0.1) is 13.8 Å². The highest BCUT2D eigenvalue weighted by molar-refractivity contribution is 6.31. The normalized spacial score (nSPS) is 11.2. The van der Waals surface area contributed by atoms with Crippen molar-refractivity contribution in [3.8, 4) is 5.69 Å². The van der Waals surface area contributed by atoms with Gasteiger partial charge in [-0.1, -0.05) is 11.6 Å². The van der Waals surface area contributed by atoms with Crippen LogP contribution in [0.25, 0.3) is 16.6 Å². The number of halogens is 1. The molecule has 0 aliphatic carbocycles. The zero-order valence-electron chi connectivity index (χ0n) is 10.9. The summed E-state index contributed by atoms with van der Waals surface area (Å²) in [4.78, 5) is 18.4. The average molecular weight is 290 g/mol. The van der Waals surface area contributed by atoms with Gasteiger partial charge in [0.05, 0.1) is 45.0 Å². The van der Waals surface area contributed by atoms with Crippen LogP contribution in [0.3, 0.4) is 0 Å². The first-order chi connectivity index (χ1) is 9.49. The second-order valence-electron chi connectivity index (χ2n) is 4.56. The Hall–Kier alpha value is -2.34. The summed E-state index contributed by atoms with van der Waals surface area (Å²) >= 11 is 6.15. The summed E-state index contributed by atoms with van der Waals surface area (Å²) in [6.45, 7) is 3.68. The second kappa shape index (κ2) is 4.35. The van der Waals surface area contributed by atoms with Crippen molar-refractivity contribution >= 4 is 28.2 Å². The quantitative estimate of drug-likeness (QED) is 0.670. The molecule has 0 fully saturated rings. The van der Waals surface area contributed by atoms with E-state index in [1.54, 1.807) is 16.8 Å². The number of hydrogen-bond acceptors (Lipinski definition) is 4. The Kier molecular flexibility index (Phi) is 2.76. The fourth-order valence-corrected chi connectivity index (χ4v) is 2.28. The summed E-state index contributed by atoms with van der Waals surface area (Å²) in [5.41, 5.74) is 8.98. The van der Waals surface area contributed by atoms with Crippen LogP contribution in [-0.2, 0) is 0 Å². The lowest BCUT2D eigenvalue weighted by Crippen LogP contribution is -2.09. The number of nitrogen functional groups attached to an aromatic ring is 1. The topological polar surface area (TPSA) is 89.6 Å². The van der Waals surface area contributed by atoms with E-state index in [1.807, 2.05) is 13.8 Å². The molecule has 102 valence electrons. The summed E-state index contributed by atoms with van der Waals surface area (Å²) in [6.07, 6.45) is 1.36. The van der Waals surface area contributed by atoms with Crippen molar-refractivity contribution in [2.45, 2.75) is 13.8 Å². The van der Waals surface area contributed by atoms with Gasteiger partial charge in [0, 0.05) is 0 Å². The summed E-state index contributed by atoms with van der Waals surface area (Å²) in [5, 5.41) is 5.41. The van der Waals surface area contributed by atoms with Crippen LogP contribution in [0.4, 0.5) is 5.69 Å². The minimum absolute atomic E-state index is 0.223. The number of rotatable bonds is 1. The SMILES string of the molecule is Cc1nn(-c2cc3nc[nH]c(=O)c3cc2N)c(C)c1Cl. The third kappa shape index (κ3) is 1.77. The molecule has 0 aliphatic heterocycles. The van der Waals surface area contributed by atoms with Crippen LogP contribution in [0.2, 0.25) is 5.02 Å². The van der Waals surface area contributed by atoms with Crippen molar-refractivity contribution in [2.24, 2.45) is 0 Å². The third-order valence-corrected chi connectivity index (χ3v) is 3.77. The molecule has 20 heavy (non-hydrogen) atoms. The predicted molar refractivity (Wildman–Crippen MR) is 78.4 cm³/mol. The Morgan fingerprint density at radius 2 is 2.10 bits per heavy atom. The number of benzene rings is 1. The molecule has 1 aromatic carbocycles. The number of nitrogens with two attached hydrogens (primary N) is 1. The van der Waals surface area contributed by atoms with Crippen LogP contribution < -0.4 is 11.3 Å². The van der Waals surface area contributed by atoms with Crippen LogP contribution in [0.1, 0.15) is 11.4 Å². The van der Waals surface area contributed by atoms with Gasteiger partial charge in [-0.3, -0.25) is 4.79 Å². The minimum Gasteiger partial charge on any atom is -0.397 e. The van der Waals surface area contributed by atoms with Gasteiger partial charge >= 0.3 is 0 Å². The molecule has 0 unspecified atom stereocenters. The number of nitrogens with zero attached hydrogens (tertiary/aromatic N) is 3. The molecule has 0 amide bonds. The third-order valence-electron chi connectivity index (χ3n) is 3.22. The molecule has 3 aromatic rings. The lowest BCUT2D eigenvalue weighted by molar-refractivity contribution is 0.836.